The van der Waals surface area contributed by atoms with Crippen molar-refractivity contribution in [2.75, 3.05) is 19.5 Å². The van der Waals surface area contributed by atoms with Gasteiger partial charge in [-0.25, -0.2) is 4.98 Å². The summed E-state index contributed by atoms with van der Waals surface area (Å²) in [5.74, 6) is 0.788. The number of hydrogen-bond donors (Lipinski definition) is 1. The molecule has 0 radical (unpaired) electrons. The zero-order valence-corrected chi connectivity index (χ0v) is 12.7. The molecule has 0 amide bonds. The molecule has 9 heteroatoms. The number of nitro benzene ring substituents is 1. The summed E-state index contributed by atoms with van der Waals surface area (Å²) in [7, 11) is 3.09. The van der Waals surface area contributed by atoms with Crippen LogP contribution in [0.3, 0.4) is 0 Å². The third-order valence-corrected chi connectivity index (χ3v) is 3.18. The van der Waals surface area contributed by atoms with Crippen molar-refractivity contribution in [2.24, 2.45) is 0 Å². The number of nitrogens with one attached hydrogen (secondary N) is 1. The number of anilines is 1. The Hall–Kier alpha value is -2.42. The summed E-state index contributed by atoms with van der Waals surface area (Å²) in [6, 6.07) is 4.52. The molecule has 0 saturated heterocycles. The van der Waals surface area contributed by atoms with Gasteiger partial charge in [-0.3, -0.25) is 10.1 Å². The molecule has 0 spiro atoms. The monoisotopic (exact) mass is 354 g/mol. The van der Waals surface area contributed by atoms with Crippen LogP contribution in [0.5, 0.6) is 17.4 Å². The van der Waals surface area contributed by atoms with E-state index in [1.54, 1.807) is 19.2 Å². The Labute approximate surface area is 128 Å². The SMILES string of the molecule is CNc1ncnc(Oc2c(Br)cccc2[N+](=O)[O-])c1OC. The van der Waals surface area contributed by atoms with Gasteiger partial charge in [0.25, 0.3) is 5.88 Å². The first kappa shape index (κ1) is 15.0. The minimum Gasteiger partial charge on any atom is -0.489 e. The van der Waals surface area contributed by atoms with Crippen LogP contribution >= 0.6 is 15.9 Å². The largest absolute Gasteiger partial charge is 0.489 e. The number of hydrogen-bond acceptors (Lipinski definition) is 7. The number of benzene rings is 1. The van der Waals surface area contributed by atoms with Gasteiger partial charge >= 0.3 is 5.69 Å². The van der Waals surface area contributed by atoms with Gasteiger partial charge in [-0.05, 0) is 22.0 Å². The van der Waals surface area contributed by atoms with Gasteiger partial charge in [-0.2, -0.15) is 4.98 Å². The number of para-hydroxylation sites is 1. The van der Waals surface area contributed by atoms with Gasteiger partial charge < -0.3 is 14.8 Å². The third kappa shape index (κ3) is 3.02. The first-order valence-corrected chi connectivity index (χ1v) is 6.55. The Morgan fingerprint density at radius 1 is 1.33 bits per heavy atom. The lowest BCUT2D eigenvalue weighted by atomic mass is 10.3. The molecule has 0 atom stereocenters. The maximum Gasteiger partial charge on any atom is 0.312 e. The average molecular weight is 355 g/mol. The van der Waals surface area contributed by atoms with Crippen LogP contribution < -0.4 is 14.8 Å². The van der Waals surface area contributed by atoms with Gasteiger partial charge in [0.1, 0.15) is 6.33 Å². The van der Waals surface area contributed by atoms with Crippen molar-refractivity contribution in [3.05, 3.63) is 39.1 Å². The number of nitro groups is 1. The second-order valence-corrected chi connectivity index (χ2v) is 4.61. The molecule has 0 unspecified atom stereocenters. The molecule has 110 valence electrons. The average Bonchev–Trinajstić information content (AvgIpc) is 2.48. The Morgan fingerprint density at radius 2 is 2.10 bits per heavy atom. The van der Waals surface area contributed by atoms with Crippen LogP contribution in [0, 0.1) is 10.1 Å². The Kier molecular flexibility index (Phi) is 4.53. The number of methoxy groups -OCH3 is 1. The standard InChI is InChI=1S/C12H11BrN4O4/c1-14-11-10(20-2)12(16-6-15-11)21-9-7(13)4-3-5-8(9)17(18)19/h3-6H,1-2H3,(H,14,15,16). The van der Waals surface area contributed by atoms with Gasteiger partial charge in [0.15, 0.2) is 5.82 Å². The lowest BCUT2D eigenvalue weighted by Gasteiger charge is -2.12. The van der Waals surface area contributed by atoms with Gasteiger partial charge in [0, 0.05) is 13.1 Å². The lowest BCUT2D eigenvalue weighted by molar-refractivity contribution is -0.385. The molecule has 0 aliphatic carbocycles. The molecule has 1 aromatic carbocycles. The van der Waals surface area contributed by atoms with Crippen LogP contribution in [-0.4, -0.2) is 29.0 Å². The highest BCUT2D eigenvalue weighted by Gasteiger charge is 2.22. The van der Waals surface area contributed by atoms with Crippen LogP contribution in [0.1, 0.15) is 0 Å². The predicted octanol–water partition coefficient (Wildman–Crippen LogP) is 2.99. The molecule has 2 rings (SSSR count). The minimum absolute atomic E-state index is 0.0431. The highest BCUT2D eigenvalue weighted by atomic mass is 79.9. The van der Waals surface area contributed by atoms with Crippen molar-refractivity contribution < 1.29 is 14.4 Å². The van der Waals surface area contributed by atoms with E-state index in [9.17, 15) is 10.1 Å². The molecule has 1 heterocycles. The van der Waals surface area contributed by atoms with Gasteiger partial charge in [-0.1, -0.05) is 6.07 Å². The topological polar surface area (TPSA) is 99.4 Å². The molecule has 1 N–H and O–H groups in total. The zero-order chi connectivity index (χ0) is 15.4. The number of ether oxygens (including phenoxy) is 2. The normalized spacial score (nSPS) is 10.0. The van der Waals surface area contributed by atoms with Gasteiger partial charge in [-0.15, -0.1) is 0 Å². The summed E-state index contributed by atoms with van der Waals surface area (Å²) < 4.78 is 11.2. The van der Waals surface area contributed by atoms with Crippen molar-refractivity contribution >= 4 is 27.4 Å². The number of nitrogens with zero attached hydrogens (tertiary/aromatic N) is 3. The van der Waals surface area contributed by atoms with Crippen LogP contribution in [0.25, 0.3) is 0 Å². The van der Waals surface area contributed by atoms with Crippen LogP contribution in [-0.2, 0) is 0 Å². The highest BCUT2D eigenvalue weighted by molar-refractivity contribution is 9.10. The molecule has 0 aliphatic rings. The maximum absolute atomic E-state index is 11.1. The highest BCUT2D eigenvalue weighted by Crippen LogP contribution is 2.41. The Morgan fingerprint density at radius 3 is 2.71 bits per heavy atom. The summed E-state index contributed by atoms with van der Waals surface area (Å²) in [5.41, 5.74) is -0.184. The Bertz CT molecular complexity index is 680. The second kappa shape index (κ2) is 6.35. The van der Waals surface area contributed by atoms with E-state index >= 15 is 0 Å². The Balaban J connectivity index is 2.51. The van der Waals surface area contributed by atoms with E-state index in [2.05, 4.69) is 31.2 Å². The number of halogens is 1. The van der Waals surface area contributed by atoms with E-state index in [0.717, 1.165) is 0 Å². The lowest BCUT2D eigenvalue weighted by Crippen LogP contribution is -2.02. The van der Waals surface area contributed by atoms with Gasteiger partial charge in [0.05, 0.1) is 16.5 Å². The van der Waals surface area contributed by atoms with E-state index in [4.69, 9.17) is 9.47 Å². The number of aromatic nitrogens is 2. The fourth-order valence-corrected chi connectivity index (χ4v) is 2.07. The second-order valence-electron chi connectivity index (χ2n) is 3.76. The zero-order valence-electron chi connectivity index (χ0n) is 11.2. The van der Waals surface area contributed by atoms with E-state index in [-0.39, 0.29) is 23.1 Å². The summed E-state index contributed by atoms with van der Waals surface area (Å²) in [6.45, 7) is 0. The van der Waals surface area contributed by atoms with Crippen molar-refractivity contribution in [2.45, 2.75) is 0 Å². The smallest absolute Gasteiger partial charge is 0.312 e. The van der Waals surface area contributed by atoms with Crippen LogP contribution in [0.15, 0.2) is 29.0 Å². The van der Waals surface area contributed by atoms with Crippen molar-refractivity contribution in [3.8, 4) is 17.4 Å². The van der Waals surface area contributed by atoms with Crippen molar-refractivity contribution in [1.29, 1.82) is 0 Å². The molecule has 21 heavy (non-hydrogen) atoms. The molecule has 1 aromatic heterocycles. The van der Waals surface area contributed by atoms with E-state index in [1.807, 2.05) is 0 Å². The molecule has 0 aliphatic heterocycles. The third-order valence-electron chi connectivity index (χ3n) is 2.55. The summed E-state index contributed by atoms with van der Waals surface area (Å²) >= 11 is 3.23. The fraction of sp³-hybridized carbons (Fsp3) is 0.167. The quantitative estimate of drug-likeness (QED) is 0.650. The van der Waals surface area contributed by atoms with E-state index in [1.165, 1.54) is 19.5 Å². The number of rotatable bonds is 5. The molecular weight excluding hydrogens is 344 g/mol. The summed E-state index contributed by atoms with van der Waals surface area (Å²) in [6.07, 6.45) is 1.27. The summed E-state index contributed by atoms with van der Waals surface area (Å²) in [4.78, 5) is 18.5. The summed E-state index contributed by atoms with van der Waals surface area (Å²) in [5, 5.41) is 13.9. The van der Waals surface area contributed by atoms with Crippen LogP contribution in [0.2, 0.25) is 0 Å². The molecule has 8 nitrogen and oxygen atoms in total. The first-order valence-electron chi connectivity index (χ1n) is 5.76. The first-order chi connectivity index (χ1) is 10.1. The molecule has 0 fully saturated rings. The van der Waals surface area contributed by atoms with Crippen LogP contribution in [0.4, 0.5) is 11.5 Å². The molecular formula is C12H11BrN4O4. The molecule has 2 aromatic rings. The minimum atomic E-state index is -0.535. The van der Waals surface area contributed by atoms with Gasteiger partial charge in [0.2, 0.25) is 11.5 Å². The molecule has 0 saturated carbocycles. The van der Waals surface area contributed by atoms with E-state index < -0.39 is 4.92 Å². The fourth-order valence-electron chi connectivity index (χ4n) is 1.63. The van der Waals surface area contributed by atoms with E-state index in [0.29, 0.717) is 10.3 Å². The maximum atomic E-state index is 11.1. The molecule has 0 bridgehead atoms. The predicted molar refractivity (Wildman–Crippen MR) is 79.0 cm³/mol. The van der Waals surface area contributed by atoms with Crippen molar-refractivity contribution in [1.82, 2.24) is 9.97 Å². The van der Waals surface area contributed by atoms with Crippen molar-refractivity contribution in [3.63, 3.8) is 0 Å².